The lowest BCUT2D eigenvalue weighted by Gasteiger charge is -2.06. The average Bonchev–Trinajstić information content (AvgIpc) is 3.74. The van der Waals surface area contributed by atoms with Gasteiger partial charge in [0.15, 0.2) is 52.0 Å². The van der Waals surface area contributed by atoms with E-state index in [1.807, 2.05) is 0 Å². The van der Waals surface area contributed by atoms with Crippen molar-refractivity contribution in [2.24, 2.45) is 0 Å². The zero-order chi connectivity index (χ0) is 33.5. The Bertz CT molecular complexity index is 2010. The number of rotatable bonds is 3. The van der Waals surface area contributed by atoms with Crippen molar-refractivity contribution in [3.8, 4) is 42.7 Å². The third-order valence-corrected chi connectivity index (χ3v) is 5.99. The van der Waals surface area contributed by atoms with E-state index in [9.17, 15) is 42.1 Å². The van der Waals surface area contributed by atoms with E-state index in [-0.39, 0.29) is 0 Å². The fraction of sp³-hybridized carbons (Fsp3) is 0. The number of terminal acetylenes is 1. The standard InChI is InChI=1S/C28HF9N8/c1-2-11-20(29)17(23(32)26(35)43-11)8(3-38)14-15(9(4-39)18-21(30)12(6-41)44-27(36)24(18)33)16(14)10(5-40)19-22(31)13(7-42)45-28(37)25(19)34/h1H. The lowest BCUT2D eigenvalue weighted by molar-refractivity contribution is 0.459. The van der Waals surface area contributed by atoms with Gasteiger partial charge >= 0.3 is 0 Å². The van der Waals surface area contributed by atoms with Gasteiger partial charge < -0.3 is 0 Å². The molecule has 0 unspecified atom stereocenters. The molecule has 1 aliphatic carbocycles. The average molecular weight is 620 g/mol. The molecule has 3 aromatic rings. The van der Waals surface area contributed by atoms with Crippen molar-refractivity contribution in [3.05, 3.63) is 103 Å². The summed E-state index contributed by atoms with van der Waals surface area (Å²) in [6, 6.07) is 5.62. The highest BCUT2D eigenvalue weighted by Gasteiger charge is 2.45. The molecule has 8 nitrogen and oxygen atoms in total. The summed E-state index contributed by atoms with van der Waals surface area (Å²) >= 11 is 0. The van der Waals surface area contributed by atoms with Gasteiger partial charge in [0.05, 0.1) is 33.4 Å². The summed E-state index contributed by atoms with van der Waals surface area (Å²) in [4.78, 5) is 8.23. The van der Waals surface area contributed by atoms with Crippen molar-refractivity contribution in [2.45, 2.75) is 0 Å². The first-order valence-electron chi connectivity index (χ1n) is 11.2. The maximum Gasteiger partial charge on any atom is 0.251 e. The van der Waals surface area contributed by atoms with Gasteiger partial charge in [-0.3, -0.25) is 0 Å². The highest BCUT2D eigenvalue weighted by atomic mass is 19.2. The Labute approximate surface area is 243 Å². The summed E-state index contributed by atoms with van der Waals surface area (Å²) in [5, 5.41) is 47.7. The van der Waals surface area contributed by atoms with Crippen LogP contribution in [0.25, 0.3) is 16.7 Å². The van der Waals surface area contributed by atoms with E-state index in [0.717, 1.165) is 24.3 Å². The summed E-state index contributed by atoms with van der Waals surface area (Å²) in [6.45, 7) is 0. The van der Waals surface area contributed by atoms with Gasteiger partial charge in [-0.15, -0.1) is 6.42 Å². The van der Waals surface area contributed by atoms with Crippen LogP contribution in [0.2, 0.25) is 0 Å². The minimum atomic E-state index is -2.25. The van der Waals surface area contributed by atoms with Crippen molar-refractivity contribution >= 4 is 16.7 Å². The lowest BCUT2D eigenvalue weighted by Crippen LogP contribution is -2.06. The first-order chi connectivity index (χ1) is 21.3. The van der Waals surface area contributed by atoms with Gasteiger partial charge in [-0.1, -0.05) is 0 Å². The van der Waals surface area contributed by atoms with Crippen LogP contribution in [-0.4, -0.2) is 15.0 Å². The first kappa shape index (κ1) is 31.0. The zero-order valence-electron chi connectivity index (χ0n) is 21.1. The number of aromatic nitrogens is 3. The molecular formula is C28HF9N8. The summed E-state index contributed by atoms with van der Waals surface area (Å²) in [6.07, 6.45) is 5.02. The molecule has 0 spiro atoms. The molecule has 0 atom stereocenters. The second-order valence-electron chi connectivity index (χ2n) is 8.22. The molecule has 0 bridgehead atoms. The van der Waals surface area contributed by atoms with Crippen molar-refractivity contribution in [1.29, 1.82) is 26.3 Å². The van der Waals surface area contributed by atoms with Crippen LogP contribution in [0.1, 0.15) is 33.8 Å². The normalized spacial score (nSPS) is 13.8. The molecule has 0 saturated heterocycles. The minimum absolute atomic E-state index is 1.05. The number of allylic oxidation sites excluding steroid dienone is 6. The molecule has 1 fully saturated rings. The van der Waals surface area contributed by atoms with Crippen LogP contribution in [0.3, 0.4) is 0 Å². The van der Waals surface area contributed by atoms with Gasteiger partial charge in [-0.05, 0) is 5.92 Å². The maximum atomic E-state index is 15.2. The molecule has 0 aliphatic heterocycles. The van der Waals surface area contributed by atoms with Crippen LogP contribution in [-0.2, 0) is 0 Å². The molecule has 17 heteroatoms. The molecule has 0 aromatic carbocycles. The molecule has 0 amide bonds. The van der Waals surface area contributed by atoms with E-state index < -0.39 is 120 Å². The quantitative estimate of drug-likeness (QED) is 0.170. The number of nitriles is 5. The van der Waals surface area contributed by atoms with Gasteiger partial charge in [-0.25, -0.2) is 41.3 Å². The molecular weight excluding hydrogens is 619 g/mol. The van der Waals surface area contributed by atoms with Crippen LogP contribution in [0.4, 0.5) is 39.5 Å². The first-order valence-corrected chi connectivity index (χ1v) is 11.2. The predicted molar refractivity (Wildman–Crippen MR) is 127 cm³/mol. The second kappa shape index (κ2) is 11.4. The van der Waals surface area contributed by atoms with Crippen molar-refractivity contribution < 1.29 is 39.5 Å². The van der Waals surface area contributed by atoms with E-state index in [0.29, 0.717) is 0 Å². The molecule has 216 valence electrons. The molecule has 3 aromatic heterocycles. The van der Waals surface area contributed by atoms with E-state index >= 15 is 13.2 Å². The third-order valence-electron chi connectivity index (χ3n) is 5.99. The highest BCUT2D eigenvalue weighted by molar-refractivity contribution is 6.12. The summed E-state index contributed by atoms with van der Waals surface area (Å²) in [7, 11) is 0. The zero-order valence-corrected chi connectivity index (χ0v) is 21.1. The number of pyridine rings is 3. The van der Waals surface area contributed by atoms with Gasteiger partial charge in [0, 0.05) is 16.7 Å². The topological polar surface area (TPSA) is 158 Å². The molecule has 0 N–H and O–H groups in total. The van der Waals surface area contributed by atoms with Gasteiger partial charge in [0.1, 0.15) is 30.3 Å². The Morgan fingerprint density at radius 2 is 0.711 bits per heavy atom. The monoisotopic (exact) mass is 620 g/mol. The maximum absolute atomic E-state index is 15.2. The Hall–Kier alpha value is -6.95. The van der Waals surface area contributed by atoms with Crippen LogP contribution in [0.5, 0.6) is 0 Å². The minimum Gasteiger partial charge on any atom is -0.205 e. The van der Waals surface area contributed by atoms with E-state index in [4.69, 9.17) is 16.9 Å². The van der Waals surface area contributed by atoms with Crippen molar-refractivity contribution in [1.82, 2.24) is 15.0 Å². The predicted octanol–water partition coefficient (Wildman–Crippen LogP) is 5.09. The van der Waals surface area contributed by atoms with Crippen molar-refractivity contribution in [2.75, 3.05) is 0 Å². The van der Waals surface area contributed by atoms with Crippen LogP contribution >= 0.6 is 0 Å². The van der Waals surface area contributed by atoms with Gasteiger partial charge in [-0.2, -0.15) is 39.5 Å². The number of halogens is 9. The van der Waals surface area contributed by atoms with E-state index in [2.05, 4.69) is 15.0 Å². The smallest absolute Gasteiger partial charge is 0.205 e. The van der Waals surface area contributed by atoms with Crippen LogP contribution in [0.15, 0.2) is 16.7 Å². The largest absolute Gasteiger partial charge is 0.251 e. The SMILES string of the molecule is C#Cc1nc(F)c(F)c(C(C#N)=C2C(=C(C#N)c3c(F)c(F)nc(C#N)c3F)C2=C(C#N)c2c(F)c(F)nc(C#N)c2F)c1F. The number of hydrogen-bond donors (Lipinski definition) is 0. The fourth-order valence-electron chi connectivity index (χ4n) is 4.09. The molecule has 45 heavy (non-hydrogen) atoms. The van der Waals surface area contributed by atoms with E-state index in [1.54, 1.807) is 5.92 Å². The van der Waals surface area contributed by atoms with Gasteiger partial charge in [0.25, 0.3) is 17.8 Å². The molecule has 1 saturated carbocycles. The summed E-state index contributed by atoms with van der Waals surface area (Å²) < 4.78 is 133. The summed E-state index contributed by atoms with van der Waals surface area (Å²) in [5.41, 5.74) is -16.9. The Morgan fingerprint density at radius 3 is 0.956 bits per heavy atom. The second-order valence-corrected chi connectivity index (χ2v) is 8.22. The molecule has 1 aliphatic rings. The highest BCUT2D eigenvalue weighted by Crippen LogP contribution is 2.57. The number of hydrogen-bond acceptors (Lipinski definition) is 8. The number of nitrogens with zero attached hydrogens (tertiary/aromatic N) is 8. The van der Waals surface area contributed by atoms with Crippen LogP contribution in [0, 0.1) is 122 Å². The lowest BCUT2D eigenvalue weighted by atomic mass is 10.0. The Morgan fingerprint density at radius 1 is 0.444 bits per heavy atom. The Balaban J connectivity index is 2.36. The molecule has 4 rings (SSSR count). The third kappa shape index (κ3) is 4.64. The van der Waals surface area contributed by atoms with Gasteiger partial charge in [0.2, 0.25) is 0 Å². The summed E-state index contributed by atoms with van der Waals surface area (Å²) in [5.74, 6) is -17.5. The van der Waals surface area contributed by atoms with E-state index in [1.165, 1.54) is 6.07 Å². The van der Waals surface area contributed by atoms with Crippen LogP contribution < -0.4 is 0 Å². The molecule has 0 radical (unpaired) electrons. The molecule has 3 heterocycles. The Kier molecular flexibility index (Phi) is 7.84. The fourth-order valence-corrected chi connectivity index (χ4v) is 4.09. The van der Waals surface area contributed by atoms with Crippen molar-refractivity contribution in [3.63, 3.8) is 0 Å².